The number of ether oxygens (including phenoxy) is 2. The third-order valence-electron chi connectivity index (χ3n) is 3.32. The number of halogens is 2. The molecule has 1 aromatic carbocycles. The van der Waals surface area contributed by atoms with Gasteiger partial charge in [-0.25, -0.2) is 9.88 Å². The Labute approximate surface area is 158 Å². The van der Waals surface area contributed by atoms with E-state index in [1.807, 2.05) is 0 Å². The molecule has 0 spiro atoms. The summed E-state index contributed by atoms with van der Waals surface area (Å²) in [5, 5.41) is 9.68. The van der Waals surface area contributed by atoms with Crippen LogP contribution in [0.3, 0.4) is 0 Å². The van der Waals surface area contributed by atoms with Gasteiger partial charge in [-0.1, -0.05) is 23.2 Å². The van der Waals surface area contributed by atoms with Crippen molar-refractivity contribution < 1.29 is 19.4 Å². The van der Waals surface area contributed by atoms with Gasteiger partial charge in [0.15, 0.2) is 11.5 Å². The Bertz CT molecular complexity index is 877. The molecule has 1 saturated heterocycles. The number of anilines is 1. The molecule has 2 heterocycles. The number of nitrogens with zero attached hydrogens (tertiary/aromatic N) is 2. The number of carbonyl (C=O) groups is 1. The lowest BCUT2D eigenvalue weighted by molar-refractivity contribution is -0.114. The highest BCUT2D eigenvalue weighted by atomic mass is 35.5. The maximum Gasteiger partial charge on any atom is 0.301 e. The van der Waals surface area contributed by atoms with Gasteiger partial charge in [-0.3, -0.25) is 4.79 Å². The van der Waals surface area contributed by atoms with Crippen molar-refractivity contribution in [1.82, 2.24) is 4.98 Å². The van der Waals surface area contributed by atoms with Gasteiger partial charge >= 0.3 is 5.91 Å². The van der Waals surface area contributed by atoms with Gasteiger partial charge in [-0.2, -0.15) is 0 Å². The fourth-order valence-corrected chi connectivity index (χ4v) is 2.92. The summed E-state index contributed by atoms with van der Waals surface area (Å²) in [6.07, 6.45) is 2.88. The first-order valence-corrected chi connectivity index (χ1v) is 8.03. The Morgan fingerprint density at radius 3 is 2.56 bits per heavy atom. The Morgan fingerprint density at radius 2 is 2.00 bits per heavy atom. The number of carbonyl (C=O) groups excluding carboxylic acids is 1. The van der Waals surface area contributed by atoms with Crippen LogP contribution in [0.25, 0.3) is 6.08 Å². The van der Waals surface area contributed by atoms with Crippen LogP contribution in [0.2, 0.25) is 10.0 Å². The number of hydrogen-bond donors (Lipinski definition) is 1. The van der Waals surface area contributed by atoms with Crippen molar-refractivity contribution in [2.45, 2.75) is 0 Å². The second-order valence-corrected chi connectivity index (χ2v) is 6.07. The molecule has 0 unspecified atom stereocenters. The first-order valence-electron chi connectivity index (χ1n) is 6.86. The highest BCUT2D eigenvalue weighted by Crippen LogP contribution is 2.34. The van der Waals surface area contributed by atoms with E-state index in [4.69, 9.17) is 44.9 Å². The zero-order valence-corrected chi connectivity index (χ0v) is 15.0. The minimum Gasteiger partial charge on any atom is -0.505 e. The lowest BCUT2D eigenvalue weighted by atomic mass is 10.2. The summed E-state index contributed by atoms with van der Waals surface area (Å²) < 4.78 is 10.4. The van der Waals surface area contributed by atoms with E-state index in [9.17, 15) is 9.90 Å². The first kappa shape index (κ1) is 17.5. The Morgan fingerprint density at radius 1 is 1.32 bits per heavy atom. The number of aromatic hydroxyl groups is 1. The molecule has 6 nitrogen and oxygen atoms in total. The zero-order valence-electron chi connectivity index (χ0n) is 12.7. The standard InChI is InChI=1S/C16H10Cl2N2O4S/c1-23-13-3-2-9(7-19-13)20-15(22)12(24-16(20)25)6-8-4-10(17)14(21)11(18)5-8/h2-7,21H,1H3/b12-6+. The molecule has 2 aromatic rings. The molecule has 0 atom stereocenters. The molecule has 1 fully saturated rings. The SMILES string of the molecule is COc1ccc(N2C(=O)/C(=C\c3cc(Cl)c(O)c(Cl)c3)OC2=S)cn1. The van der Waals surface area contributed by atoms with Crippen molar-refractivity contribution >= 4 is 58.3 Å². The van der Waals surface area contributed by atoms with E-state index in [1.54, 1.807) is 12.1 Å². The molecule has 3 rings (SSSR count). The third kappa shape index (κ3) is 3.39. The highest BCUT2D eigenvalue weighted by molar-refractivity contribution is 7.80. The summed E-state index contributed by atoms with van der Waals surface area (Å²) in [5.41, 5.74) is 0.926. The fourth-order valence-electron chi connectivity index (χ4n) is 2.14. The van der Waals surface area contributed by atoms with Crippen LogP contribution in [0.1, 0.15) is 5.56 Å². The quantitative estimate of drug-likeness (QED) is 0.628. The van der Waals surface area contributed by atoms with Crippen LogP contribution in [0, 0.1) is 0 Å². The molecule has 25 heavy (non-hydrogen) atoms. The third-order valence-corrected chi connectivity index (χ3v) is 4.16. The predicted molar refractivity (Wildman–Crippen MR) is 98.1 cm³/mol. The van der Waals surface area contributed by atoms with Gasteiger partial charge in [0.2, 0.25) is 5.88 Å². The predicted octanol–water partition coefficient (Wildman–Crippen LogP) is 3.79. The van der Waals surface area contributed by atoms with Crippen molar-refractivity contribution in [2.75, 3.05) is 12.0 Å². The minimum absolute atomic E-state index is 0.00126. The normalized spacial score (nSPS) is 15.6. The number of methoxy groups -OCH3 is 1. The van der Waals surface area contributed by atoms with Gasteiger partial charge < -0.3 is 14.6 Å². The largest absolute Gasteiger partial charge is 0.505 e. The number of amides is 1. The van der Waals surface area contributed by atoms with E-state index in [-0.39, 0.29) is 26.7 Å². The fraction of sp³-hybridized carbons (Fsp3) is 0.0625. The van der Waals surface area contributed by atoms with Crippen LogP contribution in [0.15, 0.2) is 36.2 Å². The number of benzene rings is 1. The van der Waals surface area contributed by atoms with Crippen LogP contribution in [-0.4, -0.2) is 28.3 Å². The van der Waals surface area contributed by atoms with E-state index < -0.39 is 5.91 Å². The second-order valence-electron chi connectivity index (χ2n) is 4.91. The first-order chi connectivity index (χ1) is 11.9. The highest BCUT2D eigenvalue weighted by Gasteiger charge is 2.35. The van der Waals surface area contributed by atoms with E-state index in [0.717, 1.165) is 0 Å². The summed E-state index contributed by atoms with van der Waals surface area (Å²) in [7, 11) is 1.49. The van der Waals surface area contributed by atoms with Gasteiger partial charge in [0.25, 0.3) is 5.17 Å². The molecule has 9 heteroatoms. The number of phenolic OH excluding ortho intramolecular Hbond substituents is 1. The number of hydrogen-bond acceptors (Lipinski definition) is 6. The molecule has 1 aliphatic rings. The Kier molecular flexibility index (Phi) is 4.80. The molecule has 1 aliphatic heterocycles. The van der Waals surface area contributed by atoms with Gasteiger partial charge in [-0.05, 0) is 42.1 Å². The summed E-state index contributed by atoms with van der Waals surface area (Å²) >= 11 is 16.9. The Hall–Kier alpha value is -2.35. The lowest BCUT2D eigenvalue weighted by Crippen LogP contribution is -2.28. The van der Waals surface area contributed by atoms with E-state index in [2.05, 4.69) is 4.98 Å². The number of aromatic nitrogens is 1. The molecular weight excluding hydrogens is 387 g/mol. The molecule has 0 aliphatic carbocycles. The van der Waals surface area contributed by atoms with Crippen molar-refractivity contribution in [2.24, 2.45) is 0 Å². The summed E-state index contributed by atoms with van der Waals surface area (Å²) in [6, 6.07) is 6.14. The molecule has 1 N–H and O–H groups in total. The number of pyridine rings is 1. The van der Waals surface area contributed by atoms with Crippen molar-refractivity contribution in [1.29, 1.82) is 0 Å². The average molecular weight is 397 g/mol. The van der Waals surface area contributed by atoms with Crippen molar-refractivity contribution in [3.63, 3.8) is 0 Å². The van der Waals surface area contributed by atoms with Gasteiger partial charge in [-0.15, -0.1) is 0 Å². The van der Waals surface area contributed by atoms with Crippen LogP contribution >= 0.6 is 35.4 Å². The van der Waals surface area contributed by atoms with Gasteiger partial charge in [0.05, 0.1) is 29.0 Å². The summed E-state index contributed by atoms with van der Waals surface area (Å²) in [5.74, 6) is -0.284. The lowest BCUT2D eigenvalue weighted by Gasteiger charge is -2.11. The van der Waals surface area contributed by atoms with Gasteiger partial charge in [0.1, 0.15) is 0 Å². The minimum atomic E-state index is -0.461. The molecule has 1 amide bonds. The monoisotopic (exact) mass is 396 g/mol. The number of phenols is 1. The average Bonchev–Trinajstić information content (AvgIpc) is 2.86. The van der Waals surface area contributed by atoms with Gasteiger partial charge in [0, 0.05) is 6.07 Å². The molecular formula is C16H10Cl2N2O4S. The Balaban J connectivity index is 1.92. The summed E-state index contributed by atoms with van der Waals surface area (Å²) in [6.45, 7) is 0. The molecule has 0 saturated carbocycles. The molecule has 1 aromatic heterocycles. The van der Waals surface area contributed by atoms with Crippen LogP contribution in [0.5, 0.6) is 11.6 Å². The number of rotatable bonds is 3. The van der Waals surface area contributed by atoms with Crippen molar-refractivity contribution in [3.05, 3.63) is 51.8 Å². The van der Waals surface area contributed by atoms with Crippen LogP contribution < -0.4 is 9.64 Å². The van der Waals surface area contributed by atoms with Crippen LogP contribution in [0.4, 0.5) is 5.69 Å². The summed E-state index contributed by atoms with van der Waals surface area (Å²) in [4.78, 5) is 17.8. The molecule has 0 bridgehead atoms. The second kappa shape index (κ2) is 6.87. The van der Waals surface area contributed by atoms with E-state index in [0.29, 0.717) is 17.1 Å². The topological polar surface area (TPSA) is 71.9 Å². The maximum atomic E-state index is 12.6. The van der Waals surface area contributed by atoms with E-state index in [1.165, 1.54) is 36.4 Å². The number of thiocarbonyl (C=S) groups is 1. The van der Waals surface area contributed by atoms with Crippen molar-refractivity contribution in [3.8, 4) is 11.6 Å². The maximum absolute atomic E-state index is 12.6. The molecule has 128 valence electrons. The smallest absolute Gasteiger partial charge is 0.301 e. The van der Waals surface area contributed by atoms with E-state index >= 15 is 0 Å². The van der Waals surface area contributed by atoms with Crippen LogP contribution in [-0.2, 0) is 9.53 Å². The molecule has 0 radical (unpaired) electrons. The zero-order chi connectivity index (χ0) is 18.1.